The maximum absolute atomic E-state index is 9.00. The summed E-state index contributed by atoms with van der Waals surface area (Å²) < 4.78 is -0.472. The number of carboxylic acids is 1. The van der Waals surface area contributed by atoms with Gasteiger partial charge in [0.1, 0.15) is 0 Å². The molecule has 0 amide bonds. The van der Waals surface area contributed by atoms with Crippen LogP contribution in [0.5, 0.6) is 0 Å². The van der Waals surface area contributed by atoms with Crippen LogP contribution in [-0.2, 0) is 4.79 Å². The van der Waals surface area contributed by atoms with Crippen molar-refractivity contribution in [2.45, 2.75) is 26.6 Å². The standard InChI is InChI=1S/C3H9Si.C2H4O2.Na/c1-4(2)3;1-2(3)4;/h1-3H3;1H3,(H,3,4);. The van der Waals surface area contributed by atoms with Crippen molar-refractivity contribution in [1.82, 2.24) is 0 Å². The molecule has 0 aromatic carbocycles. The minimum atomic E-state index is -0.833. The van der Waals surface area contributed by atoms with Crippen molar-refractivity contribution in [2.24, 2.45) is 0 Å². The average Bonchev–Trinajstić information content (AvgIpc) is 1.19. The van der Waals surface area contributed by atoms with Crippen LogP contribution in [0.3, 0.4) is 0 Å². The molecule has 0 aliphatic heterocycles. The van der Waals surface area contributed by atoms with E-state index in [2.05, 4.69) is 19.6 Å². The molecule has 0 aliphatic carbocycles. The van der Waals surface area contributed by atoms with Gasteiger partial charge in [-0.25, -0.2) is 0 Å². The van der Waals surface area contributed by atoms with Gasteiger partial charge in [-0.15, -0.1) is 0 Å². The van der Waals surface area contributed by atoms with E-state index in [0.717, 1.165) is 6.92 Å². The molecule has 0 aromatic rings. The molecule has 4 heteroatoms. The Morgan fingerprint density at radius 3 is 1.44 bits per heavy atom. The molecular weight excluding hydrogens is 143 g/mol. The fourth-order valence-corrected chi connectivity index (χ4v) is 0. The summed E-state index contributed by atoms with van der Waals surface area (Å²) in [7, 11) is 0. The quantitative estimate of drug-likeness (QED) is 0.533. The van der Waals surface area contributed by atoms with Gasteiger partial charge in [0.25, 0.3) is 5.97 Å². The predicted octanol–water partition coefficient (Wildman–Crippen LogP) is 1.08. The van der Waals surface area contributed by atoms with E-state index in [1.165, 1.54) is 27.0 Å². The molecule has 0 unspecified atom stereocenters. The second-order valence-corrected chi connectivity index (χ2v) is 18.5. The van der Waals surface area contributed by atoms with E-state index in [0.29, 0.717) is 0 Å². The fraction of sp³-hybridized carbons (Fsp3) is 0.800. The van der Waals surface area contributed by atoms with Crippen molar-refractivity contribution >= 4 is 37.6 Å². The summed E-state index contributed by atoms with van der Waals surface area (Å²) in [4.78, 5) is 9.00. The molecule has 50 valence electrons. The van der Waals surface area contributed by atoms with Gasteiger partial charge in [-0.3, -0.25) is 4.79 Å². The first-order chi connectivity index (χ1) is 3.73. The molecule has 0 atom stereocenters. The fourth-order valence-electron chi connectivity index (χ4n) is 0. The van der Waals surface area contributed by atoms with Crippen molar-refractivity contribution in [3.05, 3.63) is 0 Å². The van der Waals surface area contributed by atoms with E-state index in [1.54, 1.807) is 0 Å². The zero-order valence-corrected chi connectivity index (χ0v) is 9.86. The Bertz CT molecular complexity index is 77.4. The number of hydrogen-bond acceptors (Lipinski definition) is 1. The number of carbonyl (C=O) groups is 1. The van der Waals surface area contributed by atoms with Gasteiger partial charge in [0, 0.05) is 6.92 Å². The maximum atomic E-state index is 9.00. The van der Waals surface area contributed by atoms with Crippen molar-refractivity contribution in [3.8, 4) is 0 Å². The van der Waals surface area contributed by atoms with Gasteiger partial charge in [0.05, 0.1) is 0 Å². The van der Waals surface area contributed by atoms with E-state index in [4.69, 9.17) is 9.90 Å². The van der Waals surface area contributed by atoms with Crippen LogP contribution in [-0.4, -0.2) is 42.7 Å². The summed E-state index contributed by atoms with van der Waals surface area (Å²) >= 11 is 1.45. The number of rotatable bonds is 0. The van der Waals surface area contributed by atoms with E-state index < -0.39 is 10.6 Å². The van der Waals surface area contributed by atoms with Gasteiger partial charge in [0.15, 0.2) is 0 Å². The first-order valence-electron chi connectivity index (χ1n) is 2.93. The Kier molecular flexibility index (Phi) is 7.52. The van der Waals surface area contributed by atoms with Crippen LogP contribution < -0.4 is 0 Å². The van der Waals surface area contributed by atoms with Crippen LogP contribution in [0.15, 0.2) is 0 Å². The molecule has 0 heterocycles. The summed E-state index contributed by atoms with van der Waals surface area (Å²) in [6.45, 7) is 8.25. The first kappa shape index (κ1) is 12.4. The zero-order chi connectivity index (χ0) is 8.08. The van der Waals surface area contributed by atoms with Crippen LogP contribution in [0.4, 0.5) is 0 Å². The molecule has 1 N–H and O–H groups in total. The Balaban J connectivity index is 0. The normalized spacial score (nSPS) is 9.56. The van der Waals surface area contributed by atoms with Crippen molar-refractivity contribution in [1.29, 1.82) is 0 Å². The van der Waals surface area contributed by atoms with E-state index in [-0.39, 0.29) is 0 Å². The molecule has 0 radical (unpaired) electrons. The van der Waals surface area contributed by atoms with Gasteiger partial charge >= 0.3 is 51.3 Å². The van der Waals surface area contributed by atoms with Gasteiger partial charge in [-0.2, -0.15) is 0 Å². The van der Waals surface area contributed by atoms with Crippen molar-refractivity contribution in [2.75, 3.05) is 0 Å². The van der Waals surface area contributed by atoms with E-state index in [9.17, 15) is 0 Å². The number of hydrogen-bond donors (Lipinski definition) is 1. The molecule has 0 fully saturated rings. The topological polar surface area (TPSA) is 37.3 Å². The summed E-state index contributed by atoms with van der Waals surface area (Å²) in [6.07, 6.45) is 0. The van der Waals surface area contributed by atoms with Gasteiger partial charge in [0.2, 0.25) is 0 Å². The van der Waals surface area contributed by atoms with Crippen LogP contribution in [0.25, 0.3) is 0 Å². The predicted molar refractivity (Wildman–Crippen MR) is 42.4 cm³/mol. The minimum absolute atomic E-state index is 0.472. The average molecular weight is 156 g/mol. The third kappa shape index (κ3) is 823. The molecule has 2 nitrogen and oxygen atoms in total. The summed E-state index contributed by atoms with van der Waals surface area (Å²) in [5, 5.41) is 7.42. The van der Waals surface area contributed by atoms with Gasteiger partial charge in [-0.05, 0) is 0 Å². The molecular formula is C5H13NaO2Si. The van der Waals surface area contributed by atoms with Crippen LogP contribution >= 0.6 is 0 Å². The molecule has 0 saturated heterocycles. The Hall–Kier alpha value is 0.687. The number of carboxylic acid groups (broad SMARTS) is 1. The SMILES string of the molecule is CC(=O)O.C[Si](C)(C)[Na]. The third-order valence-corrected chi connectivity index (χ3v) is 0. The zero-order valence-electron chi connectivity index (χ0n) is 6.86. The monoisotopic (exact) mass is 156 g/mol. The Labute approximate surface area is 73.9 Å². The van der Waals surface area contributed by atoms with E-state index in [1.807, 2.05) is 0 Å². The molecule has 0 rings (SSSR count). The molecule has 0 saturated carbocycles. The summed E-state index contributed by atoms with van der Waals surface area (Å²) in [5.74, 6) is -0.833. The van der Waals surface area contributed by atoms with Crippen LogP contribution in [0, 0.1) is 0 Å². The summed E-state index contributed by atoms with van der Waals surface area (Å²) in [6, 6.07) is 0. The molecule has 0 spiro atoms. The second kappa shape index (κ2) is 5.47. The molecule has 9 heavy (non-hydrogen) atoms. The summed E-state index contributed by atoms with van der Waals surface area (Å²) in [5.41, 5.74) is 0. The van der Waals surface area contributed by atoms with Gasteiger partial charge in [-0.1, -0.05) is 0 Å². The Morgan fingerprint density at radius 1 is 1.44 bits per heavy atom. The van der Waals surface area contributed by atoms with E-state index >= 15 is 0 Å². The van der Waals surface area contributed by atoms with Crippen LogP contribution in [0.2, 0.25) is 19.6 Å². The molecule has 0 aliphatic rings. The second-order valence-electron chi connectivity index (χ2n) is 3.52. The molecule has 0 aromatic heterocycles. The third-order valence-electron chi connectivity index (χ3n) is 0. The van der Waals surface area contributed by atoms with Crippen LogP contribution in [0.1, 0.15) is 6.92 Å². The number of aliphatic carboxylic acids is 1. The first-order valence-corrected chi connectivity index (χ1v) is 9.93. The van der Waals surface area contributed by atoms with Crippen molar-refractivity contribution < 1.29 is 9.90 Å². The molecule has 0 bridgehead atoms. The van der Waals surface area contributed by atoms with Gasteiger partial charge < -0.3 is 5.11 Å². The van der Waals surface area contributed by atoms with Crippen molar-refractivity contribution in [3.63, 3.8) is 0 Å². The Morgan fingerprint density at radius 2 is 1.44 bits per heavy atom.